The molecule has 5 heteroatoms. The van der Waals surface area contributed by atoms with E-state index in [2.05, 4.69) is 50.3 Å². The summed E-state index contributed by atoms with van der Waals surface area (Å²) in [6.45, 7) is 0. The van der Waals surface area contributed by atoms with Gasteiger partial charge in [0.2, 0.25) is 0 Å². The van der Waals surface area contributed by atoms with Gasteiger partial charge in [0.1, 0.15) is 0 Å². The molecule has 0 aliphatic carbocycles. The number of aryl methyl sites for hydroxylation is 1. The predicted molar refractivity (Wildman–Crippen MR) is 64.9 cm³/mol. The zero-order chi connectivity index (χ0) is 11.3. The van der Waals surface area contributed by atoms with E-state index in [9.17, 15) is 0 Å². The second kappa shape index (κ2) is 3.40. The first-order chi connectivity index (χ1) is 7.65. The Morgan fingerprint density at radius 3 is 3.00 bits per heavy atom. The fourth-order valence-electron chi connectivity index (χ4n) is 3.17. The Kier molecular flexibility index (Phi) is 2.23. The van der Waals surface area contributed by atoms with Crippen LogP contribution >= 0.6 is 15.9 Å². The van der Waals surface area contributed by atoms with Gasteiger partial charge in [-0.05, 0) is 42.2 Å². The molecule has 0 amide bonds. The van der Waals surface area contributed by atoms with Gasteiger partial charge in [-0.15, -0.1) is 5.10 Å². The number of nitrogens with zero attached hydrogens (tertiary/aromatic N) is 4. The SMILES string of the molecule is CN1C2C=CCC1(c1c(Br)nnn1C)CC2. The van der Waals surface area contributed by atoms with Crippen molar-refractivity contribution in [1.29, 1.82) is 0 Å². The van der Waals surface area contributed by atoms with Gasteiger partial charge in [0.15, 0.2) is 4.60 Å². The summed E-state index contributed by atoms with van der Waals surface area (Å²) in [5.41, 5.74) is 1.30. The van der Waals surface area contributed by atoms with Crippen molar-refractivity contribution in [2.24, 2.45) is 7.05 Å². The van der Waals surface area contributed by atoms with E-state index in [1.165, 1.54) is 18.5 Å². The van der Waals surface area contributed by atoms with Crippen molar-refractivity contribution in [2.75, 3.05) is 7.05 Å². The summed E-state index contributed by atoms with van der Waals surface area (Å²) in [6, 6.07) is 0.579. The van der Waals surface area contributed by atoms with Crippen LogP contribution in [0.5, 0.6) is 0 Å². The lowest BCUT2D eigenvalue weighted by Crippen LogP contribution is -2.44. The Morgan fingerprint density at radius 1 is 1.50 bits per heavy atom. The molecule has 1 aromatic heterocycles. The van der Waals surface area contributed by atoms with E-state index in [4.69, 9.17) is 0 Å². The minimum absolute atomic E-state index is 0.0938. The highest BCUT2D eigenvalue weighted by Gasteiger charge is 2.48. The third kappa shape index (κ3) is 1.18. The lowest BCUT2D eigenvalue weighted by molar-refractivity contribution is 0.132. The zero-order valence-corrected chi connectivity index (χ0v) is 11.1. The van der Waals surface area contributed by atoms with E-state index < -0.39 is 0 Å². The van der Waals surface area contributed by atoms with Crippen molar-refractivity contribution >= 4 is 15.9 Å². The summed E-state index contributed by atoms with van der Waals surface area (Å²) in [7, 11) is 4.18. The standard InChI is InChI=1S/C11H15BrN4/c1-15-8-4-3-6-11(15,7-5-8)9-10(12)13-14-16(9)2/h3-4,8H,5-7H2,1-2H3. The summed E-state index contributed by atoms with van der Waals surface area (Å²) in [4.78, 5) is 2.47. The molecule has 0 radical (unpaired) electrons. The smallest absolute Gasteiger partial charge is 0.153 e. The third-order valence-corrected chi connectivity index (χ3v) is 4.60. The number of aromatic nitrogens is 3. The Bertz CT molecular complexity index is 433. The quantitative estimate of drug-likeness (QED) is 0.737. The van der Waals surface area contributed by atoms with Crippen LogP contribution in [0.15, 0.2) is 16.8 Å². The van der Waals surface area contributed by atoms with Gasteiger partial charge in [0, 0.05) is 13.1 Å². The van der Waals surface area contributed by atoms with E-state index in [0.717, 1.165) is 11.0 Å². The monoisotopic (exact) mass is 282 g/mol. The second-order valence-corrected chi connectivity index (χ2v) is 5.48. The average Bonchev–Trinajstić information content (AvgIpc) is 2.65. The molecule has 2 atom stereocenters. The van der Waals surface area contributed by atoms with Crippen molar-refractivity contribution in [3.05, 3.63) is 22.4 Å². The Balaban J connectivity index is 2.15. The van der Waals surface area contributed by atoms with Crippen LogP contribution in [0.2, 0.25) is 0 Å². The van der Waals surface area contributed by atoms with Crippen molar-refractivity contribution in [3.63, 3.8) is 0 Å². The summed E-state index contributed by atoms with van der Waals surface area (Å²) in [6.07, 6.45) is 8.09. The summed E-state index contributed by atoms with van der Waals surface area (Å²) in [5.74, 6) is 0. The fourth-order valence-corrected chi connectivity index (χ4v) is 3.87. The summed E-state index contributed by atoms with van der Waals surface area (Å²) < 4.78 is 2.79. The largest absolute Gasteiger partial charge is 0.288 e. The molecular weight excluding hydrogens is 268 g/mol. The minimum Gasteiger partial charge on any atom is -0.288 e. The molecule has 16 heavy (non-hydrogen) atoms. The van der Waals surface area contributed by atoms with Crippen molar-refractivity contribution in [3.8, 4) is 0 Å². The van der Waals surface area contributed by atoms with Gasteiger partial charge in [0.05, 0.1) is 11.2 Å². The number of likely N-dealkylation sites (N-methyl/N-ethyl adjacent to an activating group) is 1. The highest BCUT2D eigenvalue weighted by Crippen LogP contribution is 2.48. The van der Waals surface area contributed by atoms with Crippen molar-refractivity contribution < 1.29 is 0 Å². The zero-order valence-electron chi connectivity index (χ0n) is 9.52. The summed E-state index contributed by atoms with van der Waals surface area (Å²) >= 11 is 3.53. The predicted octanol–water partition coefficient (Wildman–Crippen LogP) is 1.83. The van der Waals surface area contributed by atoms with Crippen LogP contribution in [0.4, 0.5) is 0 Å². The highest BCUT2D eigenvalue weighted by molar-refractivity contribution is 9.10. The highest BCUT2D eigenvalue weighted by atomic mass is 79.9. The van der Waals surface area contributed by atoms with Crippen LogP contribution in [-0.2, 0) is 12.6 Å². The first-order valence-corrected chi connectivity index (χ1v) is 6.40. The molecule has 2 bridgehead atoms. The maximum Gasteiger partial charge on any atom is 0.153 e. The molecule has 2 aliphatic heterocycles. The van der Waals surface area contributed by atoms with Crippen LogP contribution in [0.3, 0.4) is 0 Å². The molecule has 3 heterocycles. The summed E-state index contributed by atoms with van der Waals surface area (Å²) in [5, 5.41) is 8.22. The first-order valence-electron chi connectivity index (χ1n) is 5.60. The lowest BCUT2D eigenvalue weighted by atomic mass is 9.88. The van der Waals surface area contributed by atoms with Crippen LogP contribution < -0.4 is 0 Å². The van der Waals surface area contributed by atoms with Gasteiger partial charge >= 0.3 is 0 Å². The van der Waals surface area contributed by atoms with Gasteiger partial charge in [-0.1, -0.05) is 17.4 Å². The van der Waals surface area contributed by atoms with Gasteiger partial charge in [-0.25, -0.2) is 4.68 Å². The molecule has 4 nitrogen and oxygen atoms in total. The molecule has 2 unspecified atom stereocenters. The van der Waals surface area contributed by atoms with Gasteiger partial charge < -0.3 is 0 Å². The number of halogens is 1. The normalized spacial score (nSPS) is 33.6. The van der Waals surface area contributed by atoms with Crippen LogP contribution in [0.25, 0.3) is 0 Å². The lowest BCUT2D eigenvalue weighted by Gasteiger charge is -2.39. The van der Waals surface area contributed by atoms with Crippen molar-refractivity contribution in [1.82, 2.24) is 19.9 Å². The molecule has 1 fully saturated rings. The number of hydrogen-bond donors (Lipinski definition) is 0. The molecule has 86 valence electrons. The van der Waals surface area contributed by atoms with Crippen LogP contribution in [0.1, 0.15) is 25.0 Å². The van der Waals surface area contributed by atoms with Crippen molar-refractivity contribution in [2.45, 2.75) is 30.8 Å². The molecule has 0 N–H and O–H groups in total. The molecule has 0 spiro atoms. The molecule has 0 saturated carbocycles. The maximum atomic E-state index is 4.12. The topological polar surface area (TPSA) is 34.0 Å². The van der Waals surface area contributed by atoms with E-state index in [1.807, 2.05) is 11.7 Å². The molecule has 0 aromatic carbocycles. The van der Waals surface area contributed by atoms with E-state index >= 15 is 0 Å². The Hall–Kier alpha value is -0.680. The van der Waals surface area contributed by atoms with Gasteiger partial charge in [-0.2, -0.15) is 0 Å². The third-order valence-electron chi connectivity index (χ3n) is 4.07. The second-order valence-electron chi connectivity index (χ2n) is 4.73. The fraction of sp³-hybridized carbons (Fsp3) is 0.636. The van der Waals surface area contributed by atoms with Crippen LogP contribution in [0, 0.1) is 0 Å². The average molecular weight is 283 g/mol. The van der Waals surface area contributed by atoms with E-state index in [-0.39, 0.29) is 5.54 Å². The number of fused-ring (bicyclic) bond motifs is 2. The number of rotatable bonds is 1. The van der Waals surface area contributed by atoms with Gasteiger partial charge in [0.25, 0.3) is 0 Å². The van der Waals surface area contributed by atoms with Crippen LogP contribution in [-0.4, -0.2) is 33.0 Å². The Morgan fingerprint density at radius 2 is 2.31 bits per heavy atom. The molecular formula is C11H15BrN4. The molecule has 2 aliphatic rings. The maximum absolute atomic E-state index is 4.12. The molecule has 3 rings (SSSR count). The Labute approximate surface area is 103 Å². The minimum atomic E-state index is 0.0938. The van der Waals surface area contributed by atoms with E-state index in [1.54, 1.807) is 0 Å². The first kappa shape index (κ1) is 10.5. The molecule has 1 saturated heterocycles. The molecule has 1 aromatic rings. The number of hydrogen-bond acceptors (Lipinski definition) is 3. The van der Waals surface area contributed by atoms with Gasteiger partial charge in [-0.3, -0.25) is 4.90 Å². The van der Waals surface area contributed by atoms with E-state index in [0.29, 0.717) is 6.04 Å².